The Bertz CT molecular complexity index is 502. The summed E-state index contributed by atoms with van der Waals surface area (Å²) in [5.41, 5.74) is 6.52. The highest BCUT2D eigenvalue weighted by atomic mass is 79.9. The van der Waals surface area contributed by atoms with Crippen LogP contribution in [-0.2, 0) is 0 Å². The van der Waals surface area contributed by atoms with Crippen molar-refractivity contribution in [2.24, 2.45) is 0 Å². The van der Waals surface area contributed by atoms with Crippen molar-refractivity contribution in [1.82, 2.24) is 4.98 Å². The van der Waals surface area contributed by atoms with Crippen LogP contribution in [-0.4, -0.2) is 4.98 Å². The average Bonchev–Trinajstić information content (AvgIpc) is 2.25. The van der Waals surface area contributed by atoms with Gasteiger partial charge < -0.3 is 5.73 Å². The molecular weight excluding hydrogens is 308 g/mol. The van der Waals surface area contributed by atoms with Crippen LogP contribution in [0.5, 0.6) is 0 Å². The summed E-state index contributed by atoms with van der Waals surface area (Å²) in [6.07, 6.45) is 1.73. The van der Waals surface area contributed by atoms with Crippen LogP contribution in [0.25, 0.3) is 0 Å². The molecule has 0 radical (unpaired) electrons. The summed E-state index contributed by atoms with van der Waals surface area (Å²) >= 11 is 10.6. The van der Waals surface area contributed by atoms with Crippen molar-refractivity contribution in [1.29, 1.82) is 0 Å². The molecule has 0 amide bonds. The van der Waals surface area contributed by atoms with E-state index in [4.69, 9.17) is 17.3 Å². The van der Waals surface area contributed by atoms with Crippen molar-refractivity contribution in [3.05, 3.63) is 46.0 Å². The van der Waals surface area contributed by atoms with Crippen LogP contribution >= 0.6 is 39.3 Å². The van der Waals surface area contributed by atoms with E-state index in [-0.39, 0.29) is 0 Å². The molecule has 0 saturated carbocycles. The minimum absolute atomic E-state index is 0.661. The van der Waals surface area contributed by atoms with E-state index in [0.29, 0.717) is 5.69 Å². The molecule has 0 aliphatic rings. The molecule has 0 aliphatic heterocycles. The Kier molecular flexibility index (Phi) is 3.74. The summed E-state index contributed by atoms with van der Waals surface area (Å²) in [5.74, 6) is 0. The molecule has 0 spiro atoms. The van der Waals surface area contributed by atoms with Crippen LogP contribution in [0, 0.1) is 0 Å². The Morgan fingerprint density at radius 2 is 1.94 bits per heavy atom. The third-order valence-electron chi connectivity index (χ3n) is 1.87. The van der Waals surface area contributed by atoms with Gasteiger partial charge >= 0.3 is 0 Å². The van der Waals surface area contributed by atoms with E-state index in [9.17, 15) is 0 Å². The Labute approximate surface area is 111 Å². The van der Waals surface area contributed by atoms with E-state index >= 15 is 0 Å². The first kappa shape index (κ1) is 11.8. The first-order chi connectivity index (χ1) is 7.65. The third-order valence-corrected chi connectivity index (χ3v) is 3.60. The zero-order valence-electron chi connectivity index (χ0n) is 8.15. The largest absolute Gasteiger partial charge is 0.397 e. The molecule has 5 heteroatoms. The number of anilines is 1. The minimum atomic E-state index is 0.661. The number of nitrogens with zero attached hydrogens (tertiary/aromatic N) is 1. The fraction of sp³-hybridized carbons (Fsp3) is 0. The number of hydrogen-bond donors (Lipinski definition) is 1. The van der Waals surface area contributed by atoms with Gasteiger partial charge in [-0.25, -0.2) is 4.98 Å². The van der Waals surface area contributed by atoms with E-state index in [0.717, 1.165) is 19.4 Å². The smallest absolute Gasteiger partial charge is 0.124 e. The predicted molar refractivity (Wildman–Crippen MR) is 71.9 cm³/mol. The Hall–Kier alpha value is -0.710. The van der Waals surface area contributed by atoms with Crippen molar-refractivity contribution >= 4 is 45.0 Å². The van der Waals surface area contributed by atoms with Crippen molar-refractivity contribution < 1.29 is 0 Å². The van der Waals surface area contributed by atoms with Crippen LogP contribution in [0.3, 0.4) is 0 Å². The first-order valence-electron chi connectivity index (χ1n) is 4.49. The van der Waals surface area contributed by atoms with Gasteiger partial charge in [0, 0.05) is 20.6 Å². The van der Waals surface area contributed by atoms with E-state index in [1.807, 2.05) is 30.3 Å². The summed E-state index contributed by atoms with van der Waals surface area (Å²) in [6.45, 7) is 0. The maximum Gasteiger partial charge on any atom is 0.124 e. The lowest BCUT2D eigenvalue weighted by Crippen LogP contribution is -1.91. The summed E-state index contributed by atoms with van der Waals surface area (Å²) in [5, 5.41) is 1.52. The van der Waals surface area contributed by atoms with E-state index in [2.05, 4.69) is 20.9 Å². The summed E-state index contributed by atoms with van der Waals surface area (Å²) < 4.78 is 0.880. The second-order valence-corrected chi connectivity index (χ2v) is 5.52. The standard InChI is InChI=1S/C11H8BrClN2S/c12-7-5-10(14)11(15-6-7)16-9-3-1-8(13)2-4-9/h1-6H,14H2. The fourth-order valence-electron chi connectivity index (χ4n) is 1.14. The summed E-state index contributed by atoms with van der Waals surface area (Å²) in [7, 11) is 0. The normalized spacial score (nSPS) is 10.4. The summed E-state index contributed by atoms with van der Waals surface area (Å²) in [6, 6.07) is 9.41. The maximum absolute atomic E-state index is 5.86. The van der Waals surface area contributed by atoms with Gasteiger partial charge in [0.25, 0.3) is 0 Å². The highest BCUT2D eigenvalue weighted by molar-refractivity contribution is 9.10. The molecule has 1 heterocycles. The Morgan fingerprint density at radius 1 is 1.25 bits per heavy atom. The van der Waals surface area contributed by atoms with Gasteiger partial charge in [0.05, 0.1) is 5.69 Å². The van der Waals surface area contributed by atoms with Crippen molar-refractivity contribution in [2.75, 3.05) is 5.73 Å². The maximum atomic E-state index is 5.86. The zero-order valence-corrected chi connectivity index (χ0v) is 11.3. The fourth-order valence-corrected chi connectivity index (χ4v) is 2.39. The second kappa shape index (κ2) is 5.08. The zero-order chi connectivity index (χ0) is 11.5. The lowest BCUT2D eigenvalue weighted by atomic mass is 10.4. The van der Waals surface area contributed by atoms with Crippen LogP contribution in [0.4, 0.5) is 5.69 Å². The highest BCUT2D eigenvalue weighted by Gasteiger charge is 2.04. The predicted octanol–water partition coefficient (Wildman–Crippen LogP) is 4.23. The molecule has 2 aromatic rings. The number of rotatable bonds is 2. The van der Waals surface area contributed by atoms with Gasteiger partial charge in [-0.3, -0.25) is 0 Å². The topological polar surface area (TPSA) is 38.9 Å². The molecule has 2 nitrogen and oxygen atoms in total. The number of nitrogens with two attached hydrogens (primary N) is 1. The SMILES string of the molecule is Nc1cc(Br)cnc1Sc1ccc(Cl)cc1. The molecule has 1 aromatic carbocycles. The highest BCUT2D eigenvalue weighted by Crippen LogP contribution is 2.31. The van der Waals surface area contributed by atoms with Gasteiger partial charge in [-0.05, 0) is 46.3 Å². The van der Waals surface area contributed by atoms with Crippen LogP contribution in [0.2, 0.25) is 5.02 Å². The van der Waals surface area contributed by atoms with Gasteiger partial charge in [0.2, 0.25) is 0 Å². The quantitative estimate of drug-likeness (QED) is 0.901. The lowest BCUT2D eigenvalue weighted by molar-refractivity contribution is 1.13. The molecule has 0 atom stereocenters. The molecule has 0 bridgehead atoms. The van der Waals surface area contributed by atoms with Crippen LogP contribution < -0.4 is 5.73 Å². The van der Waals surface area contributed by atoms with E-state index in [1.54, 1.807) is 6.20 Å². The van der Waals surface area contributed by atoms with Gasteiger partial charge in [-0.15, -0.1) is 0 Å². The second-order valence-electron chi connectivity index (χ2n) is 3.10. The molecular formula is C11H8BrClN2S. The number of halogens is 2. The van der Waals surface area contributed by atoms with Crippen molar-refractivity contribution in [2.45, 2.75) is 9.92 Å². The minimum Gasteiger partial charge on any atom is -0.397 e. The van der Waals surface area contributed by atoms with Crippen LogP contribution in [0.15, 0.2) is 50.9 Å². The molecule has 0 aliphatic carbocycles. The molecule has 1 aromatic heterocycles. The number of hydrogen-bond acceptors (Lipinski definition) is 3. The van der Waals surface area contributed by atoms with Crippen molar-refractivity contribution in [3.63, 3.8) is 0 Å². The lowest BCUT2D eigenvalue weighted by Gasteiger charge is -2.04. The van der Waals surface area contributed by atoms with Crippen LogP contribution in [0.1, 0.15) is 0 Å². The van der Waals surface area contributed by atoms with Gasteiger partial charge in [-0.2, -0.15) is 0 Å². The van der Waals surface area contributed by atoms with E-state index < -0.39 is 0 Å². The van der Waals surface area contributed by atoms with Gasteiger partial charge in [-0.1, -0.05) is 23.4 Å². The molecule has 2 N–H and O–H groups in total. The number of aromatic nitrogens is 1. The number of pyridine rings is 1. The number of nitrogen functional groups attached to an aromatic ring is 1. The molecule has 82 valence electrons. The Balaban J connectivity index is 2.23. The Morgan fingerprint density at radius 3 is 2.56 bits per heavy atom. The monoisotopic (exact) mass is 314 g/mol. The van der Waals surface area contributed by atoms with E-state index in [1.165, 1.54) is 11.8 Å². The third kappa shape index (κ3) is 2.90. The first-order valence-corrected chi connectivity index (χ1v) is 6.48. The molecule has 0 fully saturated rings. The molecule has 0 unspecified atom stereocenters. The molecule has 0 saturated heterocycles. The summed E-state index contributed by atoms with van der Waals surface area (Å²) in [4.78, 5) is 5.31. The van der Waals surface area contributed by atoms with Crippen molar-refractivity contribution in [3.8, 4) is 0 Å². The number of benzene rings is 1. The average molecular weight is 316 g/mol. The van der Waals surface area contributed by atoms with Gasteiger partial charge in [0.1, 0.15) is 5.03 Å². The van der Waals surface area contributed by atoms with Gasteiger partial charge in [0.15, 0.2) is 0 Å². The molecule has 16 heavy (non-hydrogen) atoms. The molecule has 2 rings (SSSR count).